The highest BCUT2D eigenvalue weighted by atomic mass is 16.6. The van der Waals surface area contributed by atoms with Crippen molar-refractivity contribution < 1.29 is 13.9 Å². The van der Waals surface area contributed by atoms with Gasteiger partial charge in [-0.1, -0.05) is 18.2 Å². The number of carbonyl (C=O) groups is 1. The van der Waals surface area contributed by atoms with Gasteiger partial charge < -0.3 is 9.15 Å². The molecule has 5 nitrogen and oxygen atoms in total. The van der Waals surface area contributed by atoms with Gasteiger partial charge in [-0.15, -0.1) is 0 Å². The van der Waals surface area contributed by atoms with Gasteiger partial charge in [-0.05, 0) is 30.3 Å². The lowest BCUT2D eigenvalue weighted by atomic mass is 10.2. The van der Waals surface area contributed by atoms with Crippen LogP contribution in [0.25, 0.3) is 11.0 Å². The van der Waals surface area contributed by atoms with Gasteiger partial charge in [-0.25, -0.2) is 9.59 Å². The summed E-state index contributed by atoms with van der Waals surface area (Å²) in [6.45, 7) is 0. The van der Waals surface area contributed by atoms with Gasteiger partial charge in [0.25, 0.3) is 0 Å². The van der Waals surface area contributed by atoms with E-state index in [1.54, 1.807) is 42.5 Å². The molecule has 1 aromatic heterocycles. The standard InChI is InChI=1S/C16H11NO4/c18-15-9-7-11-6-8-13(10-14(11)21-15)20-16(19)17-12-4-2-1-3-5-12/h1-10H,(H,17,19). The fraction of sp³-hybridized carbons (Fsp3) is 0. The van der Waals surface area contributed by atoms with Gasteiger partial charge in [-0.3, -0.25) is 5.32 Å². The Hall–Kier alpha value is -3.08. The minimum atomic E-state index is -0.612. The van der Waals surface area contributed by atoms with Crippen molar-refractivity contribution >= 4 is 22.7 Å². The van der Waals surface area contributed by atoms with Crippen LogP contribution in [0.1, 0.15) is 0 Å². The lowest BCUT2D eigenvalue weighted by Gasteiger charge is -2.06. The highest BCUT2D eigenvalue weighted by molar-refractivity contribution is 5.87. The molecule has 0 unspecified atom stereocenters. The van der Waals surface area contributed by atoms with Crippen molar-refractivity contribution in [3.8, 4) is 5.75 Å². The third-order valence-corrected chi connectivity index (χ3v) is 2.83. The first kappa shape index (κ1) is 12.9. The Balaban J connectivity index is 1.78. The number of hydrogen-bond donors (Lipinski definition) is 1. The molecule has 0 aliphatic rings. The molecule has 104 valence electrons. The normalized spacial score (nSPS) is 10.3. The second-order valence-corrected chi connectivity index (χ2v) is 4.33. The number of hydrogen-bond acceptors (Lipinski definition) is 4. The molecule has 0 saturated heterocycles. The van der Waals surface area contributed by atoms with Gasteiger partial charge in [0.05, 0.1) is 0 Å². The van der Waals surface area contributed by atoms with Crippen LogP contribution in [0, 0.1) is 0 Å². The number of anilines is 1. The third kappa shape index (κ3) is 3.09. The molecule has 0 radical (unpaired) electrons. The average Bonchev–Trinajstić information content (AvgIpc) is 2.47. The van der Waals surface area contributed by atoms with Crippen LogP contribution < -0.4 is 15.7 Å². The molecule has 0 spiro atoms. The molecular weight excluding hydrogens is 270 g/mol. The third-order valence-electron chi connectivity index (χ3n) is 2.83. The predicted octanol–water partition coefficient (Wildman–Crippen LogP) is 3.40. The van der Waals surface area contributed by atoms with Crippen LogP contribution in [0.4, 0.5) is 10.5 Å². The van der Waals surface area contributed by atoms with Crippen molar-refractivity contribution in [3.05, 3.63) is 71.1 Å². The van der Waals surface area contributed by atoms with E-state index in [2.05, 4.69) is 5.32 Å². The van der Waals surface area contributed by atoms with E-state index < -0.39 is 11.7 Å². The van der Waals surface area contributed by atoms with Crippen molar-refractivity contribution in [1.82, 2.24) is 0 Å². The summed E-state index contributed by atoms with van der Waals surface area (Å²) in [6.07, 6.45) is -0.612. The Kier molecular flexibility index (Phi) is 3.39. The summed E-state index contributed by atoms with van der Waals surface area (Å²) >= 11 is 0. The zero-order chi connectivity index (χ0) is 14.7. The van der Waals surface area contributed by atoms with E-state index in [0.29, 0.717) is 17.0 Å². The van der Waals surface area contributed by atoms with E-state index >= 15 is 0 Å². The SMILES string of the molecule is O=C(Nc1ccccc1)Oc1ccc2ccc(=O)oc2c1. The first-order chi connectivity index (χ1) is 10.2. The highest BCUT2D eigenvalue weighted by Crippen LogP contribution is 2.20. The molecule has 0 bridgehead atoms. The minimum absolute atomic E-state index is 0.297. The molecule has 3 rings (SSSR count). The molecule has 2 aromatic carbocycles. The molecule has 0 aliphatic carbocycles. The lowest BCUT2D eigenvalue weighted by molar-refractivity contribution is 0.215. The van der Waals surface area contributed by atoms with Crippen LogP contribution in [0.15, 0.2) is 69.9 Å². The summed E-state index contributed by atoms with van der Waals surface area (Å²) in [4.78, 5) is 22.9. The molecule has 1 amide bonds. The zero-order valence-electron chi connectivity index (χ0n) is 10.9. The van der Waals surface area contributed by atoms with Crippen LogP contribution in [-0.4, -0.2) is 6.09 Å². The van der Waals surface area contributed by atoms with Crippen LogP contribution in [0.5, 0.6) is 5.75 Å². The predicted molar refractivity (Wildman–Crippen MR) is 78.6 cm³/mol. The maximum absolute atomic E-state index is 11.8. The summed E-state index contributed by atoms with van der Waals surface area (Å²) in [5.74, 6) is 0.297. The Morgan fingerprint density at radius 2 is 1.76 bits per heavy atom. The molecule has 1 N–H and O–H groups in total. The number of amides is 1. The maximum Gasteiger partial charge on any atom is 0.417 e. The first-order valence-electron chi connectivity index (χ1n) is 6.28. The molecule has 21 heavy (non-hydrogen) atoms. The topological polar surface area (TPSA) is 68.5 Å². The van der Waals surface area contributed by atoms with E-state index in [1.807, 2.05) is 6.07 Å². The molecule has 0 fully saturated rings. The number of ether oxygens (including phenoxy) is 1. The average molecular weight is 281 g/mol. The van der Waals surface area contributed by atoms with Crippen LogP contribution >= 0.6 is 0 Å². The largest absolute Gasteiger partial charge is 0.423 e. The van der Waals surface area contributed by atoms with E-state index in [-0.39, 0.29) is 0 Å². The summed E-state index contributed by atoms with van der Waals surface area (Å²) in [5.41, 5.74) is 0.552. The fourth-order valence-corrected chi connectivity index (χ4v) is 1.88. The van der Waals surface area contributed by atoms with Crippen molar-refractivity contribution in [2.45, 2.75) is 0 Å². The molecule has 0 atom stereocenters. The monoisotopic (exact) mass is 281 g/mol. The molecule has 3 aromatic rings. The molecule has 5 heteroatoms. The molecule has 0 aliphatic heterocycles. The van der Waals surface area contributed by atoms with Crippen molar-refractivity contribution in [2.24, 2.45) is 0 Å². The summed E-state index contributed by atoms with van der Waals surface area (Å²) < 4.78 is 10.2. The van der Waals surface area contributed by atoms with Crippen molar-refractivity contribution in [1.29, 1.82) is 0 Å². The number of benzene rings is 2. The lowest BCUT2D eigenvalue weighted by Crippen LogP contribution is -2.16. The van der Waals surface area contributed by atoms with Gasteiger partial charge in [-0.2, -0.15) is 0 Å². The zero-order valence-corrected chi connectivity index (χ0v) is 10.9. The summed E-state index contributed by atoms with van der Waals surface area (Å²) in [6, 6.07) is 16.8. The van der Waals surface area contributed by atoms with Gasteiger partial charge in [0.2, 0.25) is 0 Å². The van der Waals surface area contributed by atoms with E-state index in [4.69, 9.17) is 9.15 Å². The Morgan fingerprint density at radius 3 is 2.57 bits per heavy atom. The van der Waals surface area contributed by atoms with E-state index in [1.165, 1.54) is 12.1 Å². The van der Waals surface area contributed by atoms with Crippen LogP contribution in [0.2, 0.25) is 0 Å². The minimum Gasteiger partial charge on any atom is -0.423 e. The molecular formula is C16H11NO4. The Bertz CT molecular complexity index is 840. The maximum atomic E-state index is 11.8. The van der Waals surface area contributed by atoms with Crippen molar-refractivity contribution in [3.63, 3.8) is 0 Å². The number of para-hydroxylation sites is 1. The number of rotatable bonds is 2. The molecule has 0 saturated carbocycles. The van der Waals surface area contributed by atoms with Gasteiger partial charge in [0, 0.05) is 23.2 Å². The quantitative estimate of drug-likeness (QED) is 0.731. The van der Waals surface area contributed by atoms with Gasteiger partial charge in [0.1, 0.15) is 11.3 Å². The van der Waals surface area contributed by atoms with Crippen LogP contribution in [0.3, 0.4) is 0 Å². The first-order valence-corrected chi connectivity index (χ1v) is 6.28. The Morgan fingerprint density at radius 1 is 1.00 bits per heavy atom. The fourth-order valence-electron chi connectivity index (χ4n) is 1.88. The number of nitrogens with one attached hydrogen (secondary N) is 1. The second-order valence-electron chi connectivity index (χ2n) is 4.33. The van der Waals surface area contributed by atoms with Gasteiger partial charge in [0.15, 0.2) is 0 Å². The van der Waals surface area contributed by atoms with E-state index in [9.17, 15) is 9.59 Å². The molecule has 1 heterocycles. The second kappa shape index (κ2) is 5.50. The Labute approximate surface area is 119 Å². The van der Waals surface area contributed by atoms with E-state index in [0.717, 1.165) is 5.39 Å². The number of carbonyl (C=O) groups excluding carboxylic acids is 1. The summed E-state index contributed by atoms with van der Waals surface area (Å²) in [7, 11) is 0. The van der Waals surface area contributed by atoms with Gasteiger partial charge >= 0.3 is 11.7 Å². The van der Waals surface area contributed by atoms with Crippen molar-refractivity contribution in [2.75, 3.05) is 5.32 Å². The smallest absolute Gasteiger partial charge is 0.417 e. The highest BCUT2D eigenvalue weighted by Gasteiger charge is 2.06. The number of fused-ring (bicyclic) bond motifs is 1. The summed E-state index contributed by atoms with van der Waals surface area (Å²) in [5, 5.41) is 3.35. The van der Waals surface area contributed by atoms with Crippen LogP contribution in [-0.2, 0) is 0 Å².